The normalized spacial score (nSPS) is 16.0. The van der Waals surface area contributed by atoms with E-state index in [0.717, 1.165) is 31.5 Å². The van der Waals surface area contributed by atoms with Gasteiger partial charge in [-0.1, -0.05) is 17.7 Å². The second-order valence-electron chi connectivity index (χ2n) is 6.50. The summed E-state index contributed by atoms with van der Waals surface area (Å²) in [5, 5.41) is 7.89. The van der Waals surface area contributed by atoms with Crippen molar-refractivity contribution < 1.29 is 9.53 Å². The highest BCUT2D eigenvalue weighted by molar-refractivity contribution is 6.32. The van der Waals surface area contributed by atoms with Gasteiger partial charge in [0, 0.05) is 12.2 Å². The van der Waals surface area contributed by atoms with Crippen LogP contribution in [0.25, 0.3) is 0 Å². The van der Waals surface area contributed by atoms with E-state index in [1.165, 1.54) is 0 Å². The van der Waals surface area contributed by atoms with Crippen LogP contribution in [0.4, 0.5) is 0 Å². The van der Waals surface area contributed by atoms with Crippen LogP contribution in [-0.2, 0) is 6.73 Å². The number of ether oxygens (including phenoxy) is 1. The molecule has 1 saturated heterocycles. The lowest BCUT2D eigenvalue weighted by Gasteiger charge is -2.29. The Kier molecular flexibility index (Phi) is 5.60. The number of amides is 1. The van der Waals surface area contributed by atoms with Crippen LogP contribution in [0.2, 0.25) is 5.02 Å². The number of aryl methyl sites for hydroxylation is 1. The summed E-state index contributed by atoms with van der Waals surface area (Å²) in [7, 11) is 2.10. The topological polar surface area (TPSA) is 59.4 Å². The van der Waals surface area contributed by atoms with Gasteiger partial charge >= 0.3 is 0 Å². The molecule has 0 aliphatic carbocycles. The first-order chi connectivity index (χ1) is 12.0. The van der Waals surface area contributed by atoms with Crippen molar-refractivity contribution in [3.63, 3.8) is 0 Å². The van der Waals surface area contributed by atoms with Gasteiger partial charge < -0.3 is 15.0 Å². The molecule has 1 aromatic heterocycles. The second kappa shape index (κ2) is 7.89. The lowest BCUT2D eigenvalue weighted by atomic mass is 10.1. The lowest BCUT2D eigenvalue weighted by molar-refractivity contribution is 0.0909. The number of likely N-dealkylation sites (tertiary alicyclic amines) is 1. The number of halogens is 1. The van der Waals surface area contributed by atoms with Crippen molar-refractivity contribution in [2.24, 2.45) is 0 Å². The van der Waals surface area contributed by atoms with E-state index >= 15 is 0 Å². The number of carbonyl (C=O) groups is 1. The fraction of sp³-hybridized carbons (Fsp3) is 0.444. The van der Waals surface area contributed by atoms with E-state index in [1.807, 2.05) is 19.1 Å². The second-order valence-corrected chi connectivity index (χ2v) is 6.91. The lowest BCUT2D eigenvalue weighted by Crippen LogP contribution is -2.43. The first-order valence-corrected chi connectivity index (χ1v) is 8.81. The third-order valence-electron chi connectivity index (χ3n) is 4.37. The molecule has 0 atom stereocenters. The van der Waals surface area contributed by atoms with E-state index in [9.17, 15) is 4.79 Å². The number of rotatable bonds is 5. The number of benzene rings is 1. The van der Waals surface area contributed by atoms with E-state index in [1.54, 1.807) is 23.0 Å². The van der Waals surface area contributed by atoms with Crippen LogP contribution in [0, 0.1) is 6.92 Å². The van der Waals surface area contributed by atoms with Crippen molar-refractivity contribution in [1.82, 2.24) is 20.0 Å². The highest BCUT2D eigenvalue weighted by atomic mass is 35.5. The molecule has 25 heavy (non-hydrogen) atoms. The molecule has 0 saturated carbocycles. The Morgan fingerprint density at radius 2 is 2.12 bits per heavy atom. The summed E-state index contributed by atoms with van der Waals surface area (Å²) in [6, 6.07) is 7.52. The molecule has 0 spiro atoms. The minimum atomic E-state index is -0.137. The maximum Gasteiger partial charge on any atom is 0.271 e. The maximum absolute atomic E-state index is 12.3. The largest absolute Gasteiger partial charge is 0.470 e. The highest BCUT2D eigenvalue weighted by Gasteiger charge is 2.20. The van der Waals surface area contributed by atoms with Crippen molar-refractivity contribution in [3.8, 4) is 5.75 Å². The summed E-state index contributed by atoms with van der Waals surface area (Å²) in [6.07, 6.45) is 3.67. The molecule has 0 bridgehead atoms. The average molecular weight is 363 g/mol. The first kappa shape index (κ1) is 17.8. The van der Waals surface area contributed by atoms with E-state index in [2.05, 4.69) is 22.4 Å². The van der Waals surface area contributed by atoms with Crippen molar-refractivity contribution in [2.75, 3.05) is 20.1 Å². The van der Waals surface area contributed by atoms with Crippen LogP contribution in [0.15, 0.2) is 30.5 Å². The molecule has 3 rings (SSSR count). The molecule has 1 N–H and O–H groups in total. The number of aromatic nitrogens is 2. The van der Waals surface area contributed by atoms with Gasteiger partial charge in [0.25, 0.3) is 5.91 Å². The zero-order valence-corrected chi connectivity index (χ0v) is 15.3. The summed E-state index contributed by atoms with van der Waals surface area (Å²) in [5.41, 5.74) is 1.47. The van der Waals surface area contributed by atoms with Gasteiger partial charge in [-0.25, -0.2) is 4.68 Å². The Bertz CT molecular complexity index is 738. The molecule has 1 fully saturated rings. The predicted octanol–water partition coefficient (Wildman–Crippen LogP) is 2.71. The van der Waals surface area contributed by atoms with E-state index in [-0.39, 0.29) is 18.7 Å². The monoisotopic (exact) mass is 362 g/mol. The number of piperidine rings is 1. The minimum absolute atomic E-state index is 0.137. The van der Waals surface area contributed by atoms with E-state index in [4.69, 9.17) is 16.3 Å². The molecule has 0 unspecified atom stereocenters. The fourth-order valence-electron chi connectivity index (χ4n) is 2.82. The molecule has 6 nitrogen and oxygen atoms in total. The van der Waals surface area contributed by atoms with Crippen LogP contribution < -0.4 is 10.1 Å². The molecule has 2 aromatic rings. The van der Waals surface area contributed by atoms with Gasteiger partial charge in [-0.3, -0.25) is 4.79 Å². The smallest absolute Gasteiger partial charge is 0.271 e. The number of carbonyl (C=O) groups excluding carboxylic acids is 1. The Morgan fingerprint density at radius 1 is 1.36 bits per heavy atom. The highest BCUT2D eigenvalue weighted by Crippen LogP contribution is 2.25. The molecule has 1 aliphatic heterocycles. The van der Waals surface area contributed by atoms with E-state index < -0.39 is 0 Å². The average Bonchev–Trinajstić information content (AvgIpc) is 3.07. The van der Waals surface area contributed by atoms with Gasteiger partial charge in [0.2, 0.25) is 0 Å². The quantitative estimate of drug-likeness (QED) is 0.888. The standard InChI is InChI=1S/C18H23ClN4O2/c1-13-3-4-15(19)17(11-13)25-12-23-10-7-16(21-23)18(24)20-14-5-8-22(2)9-6-14/h3-4,7,10-11,14H,5-6,8-9,12H2,1-2H3,(H,20,24). The number of hydrogen-bond acceptors (Lipinski definition) is 4. The molecule has 1 aromatic carbocycles. The van der Waals surface area contributed by atoms with Crippen molar-refractivity contribution in [2.45, 2.75) is 32.5 Å². The molecule has 2 heterocycles. The predicted molar refractivity (Wildman–Crippen MR) is 97.0 cm³/mol. The zero-order valence-electron chi connectivity index (χ0n) is 14.5. The zero-order chi connectivity index (χ0) is 17.8. The van der Waals surface area contributed by atoms with Gasteiger partial charge in [0.05, 0.1) is 5.02 Å². The summed E-state index contributed by atoms with van der Waals surface area (Å²) in [4.78, 5) is 14.6. The maximum atomic E-state index is 12.3. The summed E-state index contributed by atoms with van der Waals surface area (Å²) < 4.78 is 7.28. The van der Waals surface area contributed by atoms with E-state index in [0.29, 0.717) is 16.5 Å². The molecule has 134 valence electrons. The Balaban J connectivity index is 1.55. The van der Waals surface area contributed by atoms with Gasteiger partial charge in [-0.2, -0.15) is 5.10 Å². The molecular weight excluding hydrogens is 340 g/mol. The molecule has 1 aliphatic rings. The summed E-state index contributed by atoms with van der Waals surface area (Å²) in [6.45, 7) is 4.18. The summed E-state index contributed by atoms with van der Waals surface area (Å²) in [5.74, 6) is 0.469. The summed E-state index contributed by atoms with van der Waals surface area (Å²) >= 11 is 6.11. The SMILES string of the molecule is Cc1ccc(Cl)c(OCn2ccc(C(=O)NC3CCN(C)CC3)n2)c1. The molecule has 1 amide bonds. The van der Waals surface area contributed by atoms with Crippen molar-refractivity contribution >= 4 is 17.5 Å². The van der Waals surface area contributed by atoms with Crippen molar-refractivity contribution in [3.05, 3.63) is 46.7 Å². The van der Waals surface area contributed by atoms with Crippen molar-refractivity contribution in [1.29, 1.82) is 0 Å². The minimum Gasteiger partial charge on any atom is -0.470 e. The van der Waals surface area contributed by atoms with Gasteiger partial charge in [0.15, 0.2) is 6.73 Å². The Hall–Kier alpha value is -2.05. The first-order valence-electron chi connectivity index (χ1n) is 8.43. The van der Waals surface area contributed by atoms with Crippen LogP contribution in [-0.4, -0.2) is 46.8 Å². The van der Waals surface area contributed by atoms with Gasteiger partial charge in [-0.15, -0.1) is 0 Å². The Morgan fingerprint density at radius 3 is 2.88 bits per heavy atom. The molecule has 7 heteroatoms. The van der Waals surface area contributed by atoms with Crippen LogP contribution in [0.3, 0.4) is 0 Å². The Labute approximate surface area is 152 Å². The third kappa shape index (κ3) is 4.74. The molecule has 0 radical (unpaired) electrons. The van der Waals surface area contributed by atoms with Gasteiger partial charge in [-0.05, 0) is 63.7 Å². The van der Waals surface area contributed by atoms with Crippen LogP contribution in [0.5, 0.6) is 5.75 Å². The number of hydrogen-bond donors (Lipinski definition) is 1. The fourth-order valence-corrected chi connectivity index (χ4v) is 3.00. The van der Waals surface area contributed by atoms with Crippen LogP contribution in [0.1, 0.15) is 28.9 Å². The number of nitrogens with zero attached hydrogens (tertiary/aromatic N) is 3. The molecular formula is C18H23ClN4O2. The van der Waals surface area contributed by atoms with Crippen LogP contribution >= 0.6 is 11.6 Å². The third-order valence-corrected chi connectivity index (χ3v) is 4.68. The number of nitrogens with one attached hydrogen (secondary N) is 1. The van der Waals surface area contributed by atoms with Gasteiger partial charge in [0.1, 0.15) is 11.4 Å².